The topological polar surface area (TPSA) is 137 Å². The van der Waals surface area contributed by atoms with Crippen LogP contribution in [0.5, 0.6) is 5.75 Å². The minimum absolute atomic E-state index is 0. The molecule has 2 aliphatic heterocycles. The summed E-state index contributed by atoms with van der Waals surface area (Å²) in [6.45, 7) is 2.75. The number of nitrogens with zero attached hydrogens (tertiary/aromatic N) is 1. The van der Waals surface area contributed by atoms with E-state index >= 15 is 0 Å². The summed E-state index contributed by atoms with van der Waals surface area (Å²) in [7, 11) is 1.51. The number of methoxy groups -OCH3 is 1. The predicted octanol–water partition coefficient (Wildman–Crippen LogP) is 1.43. The maximum absolute atomic E-state index is 12.7. The monoisotopic (exact) mass is 524 g/mol. The SMILES string of the molecule is COc1ccc(C(=O)NC(CNC(=O)[C@@H]2CCCN(C(=O)CCC3CCNCC3)C2)C(=O)O)cc1.Cl. The summed E-state index contributed by atoms with van der Waals surface area (Å²) in [6.07, 6.45) is 4.93. The average Bonchev–Trinajstić information content (AvgIpc) is 2.89. The highest BCUT2D eigenvalue weighted by Crippen LogP contribution is 2.21. The van der Waals surface area contributed by atoms with Gasteiger partial charge >= 0.3 is 5.97 Å². The molecule has 0 radical (unpaired) electrons. The van der Waals surface area contributed by atoms with Crippen LogP contribution >= 0.6 is 12.4 Å². The maximum Gasteiger partial charge on any atom is 0.328 e. The second kappa shape index (κ2) is 14.6. The van der Waals surface area contributed by atoms with Gasteiger partial charge in [-0.1, -0.05) is 0 Å². The fourth-order valence-corrected chi connectivity index (χ4v) is 4.60. The van der Waals surface area contributed by atoms with Crippen LogP contribution in [0.3, 0.4) is 0 Å². The van der Waals surface area contributed by atoms with Gasteiger partial charge in [0, 0.05) is 31.6 Å². The fourth-order valence-electron chi connectivity index (χ4n) is 4.60. The van der Waals surface area contributed by atoms with E-state index in [1.54, 1.807) is 17.0 Å². The Hall–Kier alpha value is -2.85. The van der Waals surface area contributed by atoms with Crippen LogP contribution in [0.15, 0.2) is 24.3 Å². The number of carboxylic acids is 1. The van der Waals surface area contributed by atoms with Gasteiger partial charge in [-0.05, 0) is 75.4 Å². The zero-order chi connectivity index (χ0) is 25.2. The zero-order valence-electron chi connectivity index (χ0n) is 20.7. The number of ether oxygens (including phenoxy) is 1. The van der Waals surface area contributed by atoms with E-state index in [0.717, 1.165) is 38.8 Å². The van der Waals surface area contributed by atoms with Crippen LogP contribution in [-0.4, -0.2) is 79.6 Å². The summed E-state index contributed by atoms with van der Waals surface area (Å²) in [6, 6.07) is 5.00. The molecule has 0 bridgehead atoms. The van der Waals surface area contributed by atoms with Crippen LogP contribution < -0.4 is 20.7 Å². The summed E-state index contributed by atoms with van der Waals surface area (Å²) in [5.74, 6) is -1.26. The molecule has 4 N–H and O–H groups in total. The van der Waals surface area contributed by atoms with Gasteiger partial charge < -0.3 is 30.7 Å². The van der Waals surface area contributed by atoms with Crippen molar-refractivity contribution in [2.24, 2.45) is 11.8 Å². The molecule has 3 rings (SSSR count). The molecule has 0 saturated carbocycles. The highest BCUT2D eigenvalue weighted by molar-refractivity contribution is 5.96. The number of hydrogen-bond donors (Lipinski definition) is 4. The maximum atomic E-state index is 12.7. The van der Waals surface area contributed by atoms with Gasteiger partial charge in [0.2, 0.25) is 11.8 Å². The number of carboxylic acid groups (broad SMARTS) is 1. The summed E-state index contributed by atoms with van der Waals surface area (Å²) in [5, 5.41) is 17.9. The zero-order valence-corrected chi connectivity index (χ0v) is 21.5. The van der Waals surface area contributed by atoms with E-state index in [1.165, 1.54) is 19.2 Å². The third-order valence-corrected chi connectivity index (χ3v) is 6.81. The molecule has 1 unspecified atom stereocenters. The van der Waals surface area contributed by atoms with Crippen LogP contribution in [0.2, 0.25) is 0 Å². The predicted molar refractivity (Wildman–Crippen MR) is 136 cm³/mol. The van der Waals surface area contributed by atoms with Gasteiger partial charge in [-0.3, -0.25) is 14.4 Å². The number of likely N-dealkylation sites (tertiary alicyclic amines) is 1. The molecule has 2 atom stereocenters. The smallest absolute Gasteiger partial charge is 0.328 e. The Bertz CT molecular complexity index is 891. The first-order valence-corrected chi connectivity index (χ1v) is 12.3. The van der Waals surface area contributed by atoms with E-state index in [9.17, 15) is 24.3 Å². The van der Waals surface area contributed by atoms with Gasteiger partial charge in [0.1, 0.15) is 11.8 Å². The van der Waals surface area contributed by atoms with Crippen LogP contribution in [0.4, 0.5) is 0 Å². The molecular weight excluding hydrogens is 488 g/mol. The van der Waals surface area contributed by atoms with Crippen molar-refractivity contribution in [2.45, 2.75) is 44.6 Å². The Kier molecular flexibility index (Phi) is 12.0. The first kappa shape index (κ1) is 29.4. The van der Waals surface area contributed by atoms with E-state index < -0.39 is 23.8 Å². The Balaban J connectivity index is 0.00000456. The quantitative estimate of drug-likeness (QED) is 0.363. The molecule has 2 aliphatic rings. The van der Waals surface area contributed by atoms with Gasteiger partial charge in [0.25, 0.3) is 5.91 Å². The molecule has 1 aromatic carbocycles. The molecule has 2 fully saturated rings. The lowest BCUT2D eigenvalue weighted by molar-refractivity contribution is -0.139. The van der Waals surface area contributed by atoms with Gasteiger partial charge in [-0.2, -0.15) is 0 Å². The normalized spacial score (nSPS) is 18.9. The average molecular weight is 525 g/mol. The lowest BCUT2D eigenvalue weighted by atomic mass is 9.92. The van der Waals surface area contributed by atoms with E-state index in [-0.39, 0.29) is 36.3 Å². The van der Waals surface area contributed by atoms with Gasteiger partial charge in [0.15, 0.2) is 0 Å². The molecule has 10 nitrogen and oxygen atoms in total. The molecular formula is C25H37ClN4O6. The van der Waals surface area contributed by atoms with Crippen molar-refractivity contribution in [1.29, 1.82) is 0 Å². The minimum atomic E-state index is -1.28. The number of carbonyl (C=O) groups is 4. The molecule has 3 amide bonds. The van der Waals surface area contributed by atoms with E-state index in [1.807, 2.05) is 0 Å². The number of nitrogens with one attached hydrogen (secondary N) is 3. The van der Waals surface area contributed by atoms with Gasteiger partial charge in [-0.25, -0.2) is 4.79 Å². The van der Waals surface area contributed by atoms with E-state index in [0.29, 0.717) is 37.6 Å². The van der Waals surface area contributed by atoms with Crippen molar-refractivity contribution in [3.8, 4) is 5.75 Å². The summed E-state index contributed by atoms with van der Waals surface area (Å²) >= 11 is 0. The Morgan fingerprint density at radius 3 is 2.47 bits per heavy atom. The second-order valence-corrected chi connectivity index (χ2v) is 9.25. The second-order valence-electron chi connectivity index (χ2n) is 9.25. The number of amides is 3. The molecule has 11 heteroatoms. The molecule has 0 aliphatic carbocycles. The van der Waals surface area contributed by atoms with E-state index in [4.69, 9.17) is 4.74 Å². The number of piperidine rings is 2. The Morgan fingerprint density at radius 1 is 1.14 bits per heavy atom. The molecule has 2 heterocycles. The van der Waals surface area contributed by atoms with Crippen LogP contribution in [0.1, 0.15) is 48.9 Å². The number of hydrogen-bond acceptors (Lipinski definition) is 6. The third-order valence-electron chi connectivity index (χ3n) is 6.81. The first-order valence-electron chi connectivity index (χ1n) is 12.3. The highest BCUT2D eigenvalue weighted by Gasteiger charge is 2.30. The lowest BCUT2D eigenvalue weighted by Gasteiger charge is -2.33. The van der Waals surface area contributed by atoms with Crippen molar-refractivity contribution in [1.82, 2.24) is 20.9 Å². The number of carbonyl (C=O) groups excluding carboxylic acids is 3. The van der Waals surface area contributed by atoms with Crippen molar-refractivity contribution in [2.75, 3.05) is 39.8 Å². The molecule has 0 spiro atoms. The largest absolute Gasteiger partial charge is 0.497 e. The lowest BCUT2D eigenvalue weighted by Crippen LogP contribution is -2.51. The molecule has 36 heavy (non-hydrogen) atoms. The van der Waals surface area contributed by atoms with Gasteiger partial charge in [-0.15, -0.1) is 12.4 Å². The molecule has 1 aromatic rings. The van der Waals surface area contributed by atoms with Crippen LogP contribution in [0.25, 0.3) is 0 Å². The van der Waals surface area contributed by atoms with E-state index in [2.05, 4.69) is 16.0 Å². The van der Waals surface area contributed by atoms with Crippen LogP contribution in [-0.2, 0) is 14.4 Å². The summed E-state index contributed by atoms with van der Waals surface area (Å²) < 4.78 is 5.05. The molecule has 200 valence electrons. The first-order chi connectivity index (χ1) is 16.9. The van der Waals surface area contributed by atoms with Crippen molar-refractivity contribution in [3.05, 3.63) is 29.8 Å². The van der Waals surface area contributed by atoms with Crippen molar-refractivity contribution >= 4 is 36.1 Å². The summed E-state index contributed by atoms with van der Waals surface area (Å²) in [4.78, 5) is 51.3. The fraction of sp³-hybridized carbons (Fsp3) is 0.600. The van der Waals surface area contributed by atoms with Crippen molar-refractivity contribution in [3.63, 3.8) is 0 Å². The Labute approximate surface area is 217 Å². The van der Waals surface area contributed by atoms with Crippen LogP contribution in [0, 0.1) is 11.8 Å². The highest BCUT2D eigenvalue weighted by atomic mass is 35.5. The third kappa shape index (κ3) is 8.67. The molecule has 2 saturated heterocycles. The number of halogens is 1. The number of rotatable bonds is 10. The molecule has 0 aromatic heterocycles. The summed E-state index contributed by atoms with van der Waals surface area (Å²) in [5.41, 5.74) is 0.286. The number of benzene rings is 1. The van der Waals surface area contributed by atoms with Crippen molar-refractivity contribution < 1.29 is 29.0 Å². The van der Waals surface area contributed by atoms with Gasteiger partial charge in [0.05, 0.1) is 13.0 Å². The number of aliphatic carboxylic acids is 1. The standard InChI is InChI=1S/C25H36N4O6.ClH/c1-35-20-7-5-18(6-8-20)24(32)28-21(25(33)34)15-27-23(31)19-3-2-14-29(16-19)22(30)9-4-17-10-12-26-13-11-17;/h5-8,17,19,21,26H,2-4,9-16H2,1H3,(H,27,31)(H,28,32)(H,33,34);1H/t19-,21?;/m1./s1. The Morgan fingerprint density at radius 2 is 1.83 bits per heavy atom. The minimum Gasteiger partial charge on any atom is -0.497 e.